The van der Waals surface area contributed by atoms with Crippen molar-refractivity contribution in [1.29, 1.82) is 0 Å². The molecule has 2 aliphatic rings. The Balaban J connectivity index is 0.000000310. The Bertz CT molecular complexity index is 944. The van der Waals surface area contributed by atoms with Crippen molar-refractivity contribution >= 4 is 40.5 Å². The van der Waals surface area contributed by atoms with Crippen LogP contribution in [0.5, 0.6) is 0 Å². The molecule has 0 unspecified atom stereocenters. The first-order chi connectivity index (χ1) is 14.3. The van der Waals surface area contributed by atoms with Gasteiger partial charge in [0.15, 0.2) is 5.71 Å². The van der Waals surface area contributed by atoms with Gasteiger partial charge < -0.3 is 20.6 Å². The molecular weight excluding hydrogens is 433 g/mol. The Morgan fingerprint density at radius 1 is 1.33 bits per heavy atom. The number of thiophene rings is 1. The number of nitrogens with two attached hydrogens (primary N) is 1. The topological polar surface area (TPSA) is 105 Å². The van der Waals surface area contributed by atoms with E-state index in [1.165, 1.54) is 17.0 Å². The molecule has 7 nitrogen and oxygen atoms in total. The van der Waals surface area contributed by atoms with Gasteiger partial charge in [-0.05, 0) is 29.6 Å². The number of carboxylic acid groups (broad SMARTS) is 1. The molecule has 0 aliphatic carbocycles. The fourth-order valence-corrected chi connectivity index (χ4v) is 4.03. The highest BCUT2D eigenvalue weighted by atomic mass is 35.5. The summed E-state index contributed by atoms with van der Waals surface area (Å²) < 4.78 is 13.2. The van der Waals surface area contributed by atoms with Crippen LogP contribution in [0.1, 0.15) is 34.5 Å². The Kier molecular flexibility index (Phi) is 7.06. The van der Waals surface area contributed by atoms with Crippen LogP contribution < -0.4 is 5.73 Å². The maximum Gasteiger partial charge on any atom is 0.353 e. The van der Waals surface area contributed by atoms with E-state index in [-0.39, 0.29) is 23.1 Å². The standard InChI is InChI=1S/C15H14ClFN2O4.C5H7NS/c16-10-7-9(1-2-11(10)17)13(20)19-5-3-15(4-6-19)8-12(14(21)22)18-23-15;6-4-5-2-1-3-7-5/h1-2,7H,3-6,8H2,(H,21,22);1-3H,4,6H2. The van der Waals surface area contributed by atoms with Crippen LogP contribution in [0.15, 0.2) is 40.9 Å². The summed E-state index contributed by atoms with van der Waals surface area (Å²) in [5, 5.41) is 14.5. The van der Waals surface area contributed by atoms with Gasteiger partial charge >= 0.3 is 5.97 Å². The van der Waals surface area contributed by atoms with E-state index in [0.29, 0.717) is 38.0 Å². The van der Waals surface area contributed by atoms with Crippen LogP contribution in [-0.4, -0.2) is 46.3 Å². The molecular formula is C20H21ClFN3O4S. The molecule has 2 aromatic rings. The summed E-state index contributed by atoms with van der Waals surface area (Å²) in [6, 6.07) is 7.90. The number of benzene rings is 1. The lowest BCUT2D eigenvalue weighted by Gasteiger charge is -2.37. The smallest absolute Gasteiger partial charge is 0.353 e. The number of hydrogen-bond acceptors (Lipinski definition) is 6. The second kappa shape index (κ2) is 9.55. The van der Waals surface area contributed by atoms with Crippen LogP contribution in [0.2, 0.25) is 5.02 Å². The number of likely N-dealkylation sites (tertiary alicyclic amines) is 1. The van der Waals surface area contributed by atoms with E-state index in [4.69, 9.17) is 27.3 Å². The number of carboxylic acids is 1. The first kappa shape index (κ1) is 22.2. The predicted octanol–water partition coefficient (Wildman–Crippen LogP) is 3.52. The number of rotatable bonds is 3. The minimum Gasteiger partial charge on any atom is -0.477 e. The van der Waals surface area contributed by atoms with Gasteiger partial charge in [-0.15, -0.1) is 11.3 Å². The number of hydrogen-bond donors (Lipinski definition) is 2. The molecule has 1 aromatic carbocycles. The van der Waals surface area contributed by atoms with Crippen molar-refractivity contribution in [3.05, 3.63) is 57.0 Å². The minimum absolute atomic E-state index is 0.00935. The van der Waals surface area contributed by atoms with E-state index in [2.05, 4.69) is 5.16 Å². The number of halogens is 2. The van der Waals surface area contributed by atoms with Gasteiger partial charge in [-0.2, -0.15) is 0 Å². The number of oxime groups is 1. The van der Waals surface area contributed by atoms with Gasteiger partial charge in [0.2, 0.25) is 0 Å². The van der Waals surface area contributed by atoms with E-state index in [0.717, 1.165) is 6.07 Å². The normalized spacial score (nSPS) is 17.0. The lowest BCUT2D eigenvalue weighted by atomic mass is 9.86. The summed E-state index contributed by atoms with van der Waals surface area (Å²) in [5.74, 6) is -1.89. The van der Waals surface area contributed by atoms with Gasteiger partial charge in [0.25, 0.3) is 5.91 Å². The Labute approximate surface area is 181 Å². The van der Waals surface area contributed by atoms with Crippen LogP contribution in [0.25, 0.3) is 0 Å². The molecule has 1 saturated heterocycles. The molecule has 0 bridgehead atoms. The lowest BCUT2D eigenvalue weighted by Crippen LogP contribution is -2.47. The second-order valence-corrected chi connectivity index (χ2v) is 8.44. The van der Waals surface area contributed by atoms with Gasteiger partial charge in [-0.1, -0.05) is 22.8 Å². The van der Waals surface area contributed by atoms with Crippen molar-refractivity contribution < 1.29 is 23.9 Å². The van der Waals surface area contributed by atoms with Gasteiger partial charge in [-0.25, -0.2) is 9.18 Å². The number of piperidine rings is 1. The van der Waals surface area contributed by atoms with Gasteiger partial charge in [0.1, 0.15) is 11.4 Å². The van der Waals surface area contributed by atoms with Crippen LogP contribution in [0.3, 0.4) is 0 Å². The first-order valence-corrected chi connectivity index (χ1v) is 10.5. The molecule has 1 amide bonds. The van der Waals surface area contributed by atoms with E-state index >= 15 is 0 Å². The molecule has 4 rings (SSSR count). The Hall–Kier alpha value is -2.49. The maximum atomic E-state index is 13.2. The first-order valence-electron chi connectivity index (χ1n) is 9.29. The molecule has 30 heavy (non-hydrogen) atoms. The maximum absolute atomic E-state index is 13.2. The minimum atomic E-state index is -1.08. The molecule has 3 heterocycles. The van der Waals surface area contributed by atoms with Crippen LogP contribution in [0, 0.1) is 5.82 Å². The zero-order valence-electron chi connectivity index (χ0n) is 16.0. The molecule has 3 N–H and O–H groups in total. The molecule has 1 aromatic heterocycles. The van der Waals surface area contributed by atoms with Crippen LogP contribution >= 0.6 is 22.9 Å². The molecule has 0 radical (unpaired) electrons. The number of aliphatic carboxylic acids is 1. The van der Waals surface area contributed by atoms with E-state index in [1.54, 1.807) is 16.2 Å². The molecule has 1 spiro atoms. The fourth-order valence-electron chi connectivity index (χ4n) is 3.26. The number of amides is 1. The van der Waals surface area contributed by atoms with E-state index < -0.39 is 17.4 Å². The van der Waals surface area contributed by atoms with E-state index in [9.17, 15) is 14.0 Å². The van der Waals surface area contributed by atoms with Crippen molar-refractivity contribution in [2.24, 2.45) is 10.9 Å². The molecule has 1 fully saturated rings. The van der Waals surface area contributed by atoms with Crippen molar-refractivity contribution in [1.82, 2.24) is 4.90 Å². The van der Waals surface area contributed by atoms with Gasteiger partial charge in [0, 0.05) is 49.3 Å². The number of nitrogens with zero attached hydrogens (tertiary/aromatic N) is 2. The molecule has 0 saturated carbocycles. The zero-order valence-corrected chi connectivity index (χ0v) is 17.6. The van der Waals surface area contributed by atoms with Crippen molar-refractivity contribution in [2.45, 2.75) is 31.4 Å². The summed E-state index contributed by atoms with van der Waals surface area (Å²) in [4.78, 5) is 31.5. The Morgan fingerprint density at radius 2 is 2.07 bits per heavy atom. The summed E-state index contributed by atoms with van der Waals surface area (Å²) >= 11 is 7.40. The van der Waals surface area contributed by atoms with Crippen molar-refractivity contribution in [2.75, 3.05) is 13.1 Å². The summed E-state index contributed by atoms with van der Waals surface area (Å²) in [6.45, 7) is 1.50. The third-order valence-electron chi connectivity index (χ3n) is 5.00. The highest BCUT2D eigenvalue weighted by Gasteiger charge is 2.44. The van der Waals surface area contributed by atoms with Gasteiger partial charge in [-0.3, -0.25) is 4.79 Å². The average Bonchev–Trinajstić information content (AvgIpc) is 3.41. The highest BCUT2D eigenvalue weighted by Crippen LogP contribution is 2.35. The summed E-state index contributed by atoms with van der Waals surface area (Å²) in [6.07, 6.45) is 1.23. The molecule has 10 heteroatoms. The third kappa shape index (κ3) is 5.16. The number of carbonyl (C=O) groups is 2. The monoisotopic (exact) mass is 453 g/mol. The third-order valence-corrected chi connectivity index (χ3v) is 6.18. The van der Waals surface area contributed by atoms with Crippen LogP contribution in [-0.2, 0) is 16.2 Å². The zero-order chi connectivity index (χ0) is 21.7. The largest absolute Gasteiger partial charge is 0.477 e. The summed E-state index contributed by atoms with van der Waals surface area (Å²) in [7, 11) is 0. The fraction of sp³-hybridized carbons (Fsp3) is 0.350. The highest BCUT2D eigenvalue weighted by molar-refractivity contribution is 7.09. The van der Waals surface area contributed by atoms with Crippen molar-refractivity contribution in [3.63, 3.8) is 0 Å². The molecule has 0 atom stereocenters. The second-order valence-electron chi connectivity index (χ2n) is 7.00. The number of carbonyl (C=O) groups excluding carboxylic acids is 1. The predicted molar refractivity (Wildman–Crippen MR) is 112 cm³/mol. The Morgan fingerprint density at radius 3 is 2.57 bits per heavy atom. The van der Waals surface area contributed by atoms with E-state index in [1.807, 2.05) is 17.5 Å². The van der Waals surface area contributed by atoms with Crippen molar-refractivity contribution in [3.8, 4) is 0 Å². The van der Waals surface area contributed by atoms with Gasteiger partial charge in [0.05, 0.1) is 5.02 Å². The quantitative estimate of drug-likeness (QED) is 0.739. The molecule has 2 aliphatic heterocycles. The lowest BCUT2D eigenvalue weighted by molar-refractivity contribution is -0.129. The molecule has 160 valence electrons. The SMILES string of the molecule is NCc1cccs1.O=C(O)C1=NOC2(CCN(C(=O)c3ccc(F)c(Cl)c3)CC2)C1. The summed E-state index contributed by atoms with van der Waals surface area (Å²) in [5.41, 5.74) is 5.00. The van der Waals surface area contributed by atoms with Crippen LogP contribution in [0.4, 0.5) is 4.39 Å². The average molecular weight is 454 g/mol.